The summed E-state index contributed by atoms with van der Waals surface area (Å²) >= 11 is 0. The lowest BCUT2D eigenvalue weighted by Gasteiger charge is -2.26. The summed E-state index contributed by atoms with van der Waals surface area (Å²) < 4.78 is 21.6. The van der Waals surface area contributed by atoms with Crippen molar-refractivity contribution in [3.05, 3.63) is 83.3 Å². The zero-order chi connectivity index (χ0) is 23.8. The lowest BCUT2D eigenvalue weighted by Crippen LogP contribution is -2.17. The minimum absolute atomic E-state index is 0.196. The number of nitrogens with two attached hydrogens (primary N) is 2. The number of carbonyl (C=O) groups excluding carboxylic acids is 1. The Hall–Kier alpha value is -3.97. The number of nitrogen functional groups attached to an aromatic ring is 1. The Morgan fingerprint density at radius 3 is 2.35 bits per heavy atom. The van der Waals surface area contributed by atoms with E-state index in [4.69, 9.17) is 21.6 Å². The van der Waals surface area contributed by atoms with E-state index in [-0.39, 0.29) is 11.7 Å². The molecule has 0 atom stereocenters. The highest BCUT2D eigenvalue weighted by Crippen LogP contribution is 2.44. The highest BCUT2D eigenvalue weighted by molar-refractivity contribution is 6.05. The van der Waals surface area contributed by atoms with Crippen molar-refractivity contribution < 1.29 is 13.9 Å². The molecule has 1 aliphatic heterocycles. The number of hydrogen-bond donors (Lipinski definition) is 3. The fourth-order valence-corrected chi connectivity index (χ4v) is 4.84. The number of ether oxygens (including phenoxy) is 1. The summed E-state index contributed by atoms with van der Waals surface area (Å²) in [7, 11) is 0. The molecular formula is C27H25FN4O2. The maximum absolute atomic E-state index is 13.8. The molecule has 3 aromatic carbocycles. The maximum Gasteiger partial charge on any atom is 0.248 e. The largest absolute Gasteiger partial charge is 0.398 e. The van der Waals surface area contributed by atoms with Crippen molar-refractivity contribution in [3.8, 4) is 16.8 Å². The molecule has 0 saturated carbocycles. The van der Waals surface area contributed by atoms with Crippen LogP contribution >= 0.6 is 0 Å². The first kappa shape index (κ1) is 21.9. The molecule has 5 rings (SSSR count). The third-order valence-electron chi connectivity index (χ3n) is 6.52. The predicted octanol–water partition coefficient (Wildman–Crippen LogP) is 5.01. The van der Waals surface area contributed by atoms with Gasteiger partial charge in [0.1, 0.15) is 5.82 Å². The number of carbonyl (C=O) groups is 1. The van der Waals surface area contributed by atoms with Crippen molar-refractivity contribution in [2.45, 2.75) is 18.8 Å². The number of anilines is 1. The van der Waals surface area contributed by atoms with Gasteiger partial charge in [0.25, 0.3) is 0 Å². The molecule has 1 amide bonds. The molecule has 0 bridgehead atoms. The van der Waals surface area contributed by atoms with E-state index in [0.29, 0.717) is 30.0 Å². The van der Waals surface area contributed by atoms with Crippen LogP contribution in [0.3, 0.4) is 0 Å². The number of aromatic nitrogens is 1. The average Bonchev–Trinajstić information content (AvgIpc) is 3.18. The summed E-state index contributed by atoms with van der Waals surface area (Å²) in [6.07, 6.45) is 2.93. The van der Waals surface area contributed by atoms with Gasteiger partial charge in [0.15, 0.2) is 0 Å². The van der Waals surface area contributed by atoms with E-state index in [2.05, 4.69) is 4.57 Å². The van der Waals surface area contributed by atoms with Crippen molar-refractivity contribution in [1.29, 1.82) is 5.41 Å². The van der Waals surface area contributed by atoms with Gasteiger partial charge in [-0.1, -0.05) is 12.1 Å². The van der Waals surface area contributed by atoms with Crippen LogP contribution in [-0.4, -0.2) is 29.9 Å². The lowest BCUT2D eigenvalue weighted by molar-refractivity contribution is 0.0843. The fraction of sp³-hybridized carbons (Fsp3) is 0.185. The van der Waals surface area contributed by atoms with Crippen molar-refractivity contribution in [3.63, 3.8) is 0 Å². The number of fused-ring (bicyclic) bond motifs is 1. The molecule has 0 aliphatic carbocycles. The summed E-state index contributed by atoms with van der Waals surface area (Å²) in [5.41, 5.74) is 18.1. The SMILES string of the molecule is N=Cc1cc2c(cc1N)c(-c1ccc(C(N)=O)cc1)c(C1CCOCC1)n2-c1ccc(F)cc1. The Bertz CT molecular complexity index is 1390. The molecule has 1 aromatic heterocycles. The second-order valence-corrected chi connectivity index (χ2v) is 8.54. The number of amides is 1. The normalized spacial score (nSPS) is 14.4. The molecule has 0 unspecified atom stereocenters. The molecule has 7 heteroatoms. The first-order chi connectivity index (χ1) is 16.5. The van der Waals surface area contributed by atoms with Gasteiger partial charge in [-0.3, -0.25) is 4.79 Å². The molecule has 6 nitrogen and oxygen atoms in total. The first-order valence-electron chi connectivity index (χ1n) is 11.2. The minimum Gasteiger partial charge on any atom is -0.398 e. The summed E-state index contributed by atoms with van der Waals surface area (Å²) in [5.74, 6) is -0.592. The Kier molecular flexibility index (Phi) is 5.63. The number of rotatable bonds is 5. The lowest BCUT2D eigenvalue weighted by atomic mass is 9.89. The molecule has 0 radical (unpaired) electrons. The predicted molar refractivity (Wildman–Crippen MR) is 132 cm³/mol. The molecule has 1 aliphatic rings. The summed E-state index contributed by atoms with van der Waals surface area (Å²) in [6.45, 7) is 1.31. The zero-order valence-corrected chi connectivity index (χ0v) is 18.6. The second kappa shape index (κ2) is 8.76. The van der Waals surface area contributed by atoms with E-state index >= 15 is 0 Å². The number of hydrogen-bond acceptors (Lipinski definition) is 4. The topological polar surface area (TPSA) is 107 Å². The van der Waals surface area contributed by atoms with Crippen molar-refractivity contribution in [1.82, 2.24) is 4.57 Å². The third-order valence-corrected chi connectivity index (χ3v) is 6.52. The van der Waals surface area contributed by atoms with Crippen LogP contribution in [-0.2, 0) is 4.74 Å². The second-order valence-electron chi connectivity index (χ2n) is 8.54. The highest BCUT2D eigenvalue weighted by Gasteiger charge is 2.28. The van der Waals surface area contributed by atoms with Crippen LogP contribution in [0.25, 0.3) is 27.7 Å². The van der Waals surface area contributed by atoms with Crippen LogP contribution in [0.4, 0.5) is 10.1 Å². The average molecular weight is 457 g/mol. The van der Waals surface area contributed by atoms with E-state index in [9.17, 15) is 9.18 Å². The van der Waals surface area contributed by atoms with Crippen LogP contribution < -0.4 is 11.5 Å². The summed E-state index contributed by atoms with van der Waals surface area (Å²) in [4.78, 5) is 11.6. The minimum atomic E-state index is -0.482. The van der Waals surface area contributed by atoms with Crippen molar-refractivity contribution in [2.24, 2.45) is 5.73 Å². The van der Waals surface area contributed by atoms with E-state index < -0.39 is 5.91 Å². The summed E-state index contributed by atoms with van der Waals surface area (Å²) in [6, 6.07) is 17.5. The molecule has 0 spiro atoms. The fourth-order valence-electron chi connectivity index (χ4n) is 4.84. The Labute approximate surface area is 196 Å². The van der Waals surface area contributed by atoms with Gasteiger partial charge in [-0.05, 0) is 66.9 Å². The number of halogens is 1. The third kappa shape index (κ3) is 3.74. The smallest absolute Gasteiger partial charge is 0.248 e. The van der Waals surface area contributed by atoms with Crippen LogP contribution in [0.5, 0.6) is 0 Å². The molecule has 4 aromatic rings. The Morgan fingerprint density at radius 2 is 1.74 bits per heavy atom. The molecule has 172 valence electrons. The van der Waals surface area contributed by atoms with E-state index in [1.54, 1.807) is 24.3 Å². The number of nitrogens with zero attached hydrogens (tertiary/aromatic N) is 1. The number of primary amides is 1. The molecular weight excluding hydrogens is 431 g/mol. The highest BCUT2D eigenvalue weighted by atomic mass is 19.1. The van der Waals surface area contributed by atoms with Gasteiger partial charge in [0.05, 0.1) is 5.52 Å². The van der Waals surface area contributed by atoms with Gasteiger partial charge in [0.2, 0.25) is 5.91 Å². The van der Waals surface area contributed by atoms with Gasteiger partial charge >= 0.3 is 0 Å². The molecule has 1 saturated heterocycles. The van der Waals surface area contributed by atoms with Crippen LogP contribution in [0.1, 0.15) is 40.4 Å². The maximum atomic E-state index is 13.8. The standard InChI is InChI=1S/C27H25FN4O2/c28-20-5-7-21(8-6-20)32-24-13-19(15-29)23(30)14-22(24)25(26(32)17-9-11-34-12-10-17)16-1-3-18(4-2-16)27(31)33/h1-8,13-15,17,29H,9-12,30H2,(H2,31,33). The van der Waals surface area contributed by atoms with Crippen LogP contribution in [0.2, 0.25) is 0 Å². The number of benzene rings is 3. The number of nitrogens with one attached hydrogen (secondary N) is 1. The van der Waals surface area contributed by atoms with E-state index in [1.807, 2.05) is 24.3 Å². The Balaban J connectivity index is 1.88. The summed E-state index contributed by atoms with van der Waals surface area (Å²) in [5, 5.41) is 8.75. The van der Waals surface area contributed by atoms with E-state index in [0.717, 1.165) is 46.3 Å². The zero-order valence-electron chi connectivity index (χ0n) is 18.6. The van der Waals surface area contributed by atoms with Gasteiger partial charge in [-0.2, -0.15) is 0 Å². The Morgan fingerprint density at radius 1 is 1.06 bits per heavy atom. The van der Waals surface area contributed by atoms with Crippen molar-refractivity contribution >= 4 is 28.7 Å². The van der Waals surface area contributed by atoms with Gasteiger partial charge in [-0.25, -0.2) is 4.39 Å². The van der Waals surface area contributed by atoms with Crippen LogP contribution in [0, 0.1) is 11.2 Å². The molecule has 2 heterocycles. The monoisotopic (exact) mass is 456 g/mol. The molecule has 34 heavy (non-hydrogen) atoms. The first-order valence-corrected chi connectivity index (χ1v) is 11.2. The van der Waals surface area contributed by atoms with Gasteiger partial charge in [-0.15, -0.1) is 0 Å². The molecule has 5 N–H and O–H groups in total. The van der Waals surface area contributed by atoms with Crippen molar-refractivity contribution in [2.75, 3.05) is 18.9 Å². The quantitative estimate of drug-likeness (QED) is 0.290. The van der Waals surface area contributed by atoms with Gasteiger partial charge < -0.3 is 26.2 Å². The van der Waals surface area contributed by atoms with Crippen LogP contribution in [0.15, 0.2) is 60.7 Å². The van der Waals surface area contributed by atoms with E-state index in [1.165, 1.54) is 18.3 Å². The van der Waals surface area contributed by atoms with Gasteiger partial charge in [0, 0.05) is 64.5 Å². The molecule has 1 fully saturated rings.